The van der Waals surface area contributed by atoms with E-state index in [-0.39, 0.29) is 16.9 Å². The first kappa shape index (κ1) is 26.5. The van der Waals surface area contributed by atoms with Gasteiger partial charge in [-0.2, -0.15) is 0 Å². The Hall–Kier alpha value is -2.53. The standard InChI is InChI=1S/C22H28O14/c1-5(2-8(25)26)9-14(29)10(20-18(33)16(31)12(27)6(3-23)34-20)19-11(15(9)30)21-22(36-19)17(32)13(28)7(4-24)35-21/h2,6-7,12-13,16-18,20-24,27-33H,3-4H2,1H3,(H,25,26)/b5-2-/t6-,7-,12-,13-,16+,17+,18-,20+,21+,22-/m0/s1. The van der Waals surface area contributed by atoms with Crippen molar-refractivity contribution >= 4 is 11.5 Å². The second-order valence-electron chi connectivity index (χ2n) is 8.99. The topological polar surface area (TPSA) is 247 Å². The van der Waals surface area contributed by atoms with Crippen LogP contribution in [0.25, 0.3) is 5.57 Å². The molecule has 1 aromatic carbocycles. The zero-order chi connectivity index (χ0) is 26.6. The van der Waals surface area contributed by atoms with Crippen LogP contribution in [0.15, 0.2) is 6.08 Å². The summed E-state index contributed by atoms with van der Waals surface area (Å²) in [6, 6.07) is 0. The van der Waals surface area contributed by atoms with Gasteiger partial charge in [-0.15, -0.1) is 0 Å². The Morgan fingerprint density at radius 2 is 1.31 bits per heavy atom. The van der Waals surface area contributed by atoms with Crippen LogP contribution >= 0.6 is 0 Å². The molecule has 3 heterocycles. The van der Waals surface area contributed by atoms with E-state index in [2.05, 4.69) is 0 Å². The van der Waals surface area contributed by atoms with Crippen molar-refractivity contribution in [1.29, 1.82) is 0 Å². The molecule has 0 saturated carbocycles. The molecule has 2 saturated heterocycles. The van der Waals surface area contributed by atoms with Crippen molar-refractivity contribution in [3.8, 4) is 17.2 Å². The molecule has 4 rings (SSSR count). The lowest BCUT2D eigenvalue weighted by Gasteiger charge is -2.40. The average molecular weight is 516 g/mol. The molecular formula is C22H28O14. The molecule has 200 valence electrons. The van der Waals surface area contributed by atoms with E-state index in [0.717, 1.165) is 0 Å². The monoisotopic (exact) mass is 516 g/mol. The van der Waals surface area contributed by atoms with Gasteiger partial charge in [-0.1, -0.05) is 0 Å². The number of phenols is 2. The fraction of sp³-hybridized carbons (Fsp3) is 0.591. The maximum absolute atomic E-state index is 11.3. The van der Waals surface area contributed by atoms with Crippen LogP contribution in [0.1, 0.15) is 35.8 Å². The number of hydrogen-bond acceptors (Lipinski definition) is 13. The fourth-order valence-electron chi connectivity index (χ4n) is 4.96. The second kappa shape index (κ2) is 9.74. The zero-order valence-electron chi connectivity index (χ0n) is 18.9. The van der Waals surface area contributed by atoms with E-state index < -0.39 is 103 Å². The third kappa shape index (κ3) is 4.00. The molecule has 0 aliphatic carbocycles. The molecule has 14 nitrogen and oxygen atoms in total. The molecule has 0 spiro atoms. The van der Waals surface area contributed by atoms with E-state index in [9.17, 15) is 55.9 Å². The van der Waals surface area contributed by atoms with E-state index in [0.29, 0.717) is 6.08 Å². The van der Waals surface area contributed by atoms with Crippen molar-refractivity contribution in [2.24, 2.45) is 0 Å². The molecule has 10 atom stereocenters. The number of benzene rings is 1. The summed E-state index contributed by atoms with van der Waals surface area (Å²) in [6.07, 6.45) is -15.1. The summed E-state index contributed by atoms with van der Waals surface area (Å²) in [6.45, 7) is -0.234. The molecule has 36 heavy (non-hydrogen) atoms. The Morgan fingerprint density at radius 1 is 0.806 bits per heavy atom. The van der Waals surface area contributed by atoms with E-state index in [4.69, 9.17) is 14.2 Å². The van der Waals surface area contributed by atoms with Crippen molar-refractivity contribution < 1.29 is 70.1 Å². The van der Waals surface area contributed by atoms with Crippen molar-refractivity contribution in [2.45, 2.75) is 68.0 Å². The van der Waals surface area contributed by atoms with Gasteiger partial charge in [0.25, 0.3) is 0 Å². The number of carbonyl (C=O) groups is 1. The maximum Gasteiger partial charge on any atom is 0.328 e. The first-order valence-corrected chi connectivity index (χ1v) is 11.1. The van der Waals surface area contributed by atoms with Gasteiger partial charge in [0.1, 0.15) is 72.2 Å². The molecule has 0 unspecified atom stereocenters. The van der Waals surface area contributed by atoms with Gasteiger partial charge in [-0.3, -0.25) is 0 Å². The number of phenolic OH excluding ortho intramolecular Hbond substituents is 2. The molecule has 14 heteroatoms. The lowest BCUT2D eigenvalue weighted by Crippen LogP contribution is -2.55. The van der Waals surface area contributed by atoms with E-state index >= 15 is 0 Å². The minimum atomic E-state index is -1.90. The molecule has 3 aliphatic heterocycles. The predicted octanol–water partition coefficient (Wildman–Crippen LogP) is -2.98. The third-order valence-electron chi connectivity index (χ3n) is 6.79. The maximum atomic E-state index is 11.3. The summed E-state index contributed by atoms with van der Waals surface area (Å²) in [7, 11) is 0. The van der Waals surface area contributed by atoms with Crippen LogP contribution in [0, 0.1) is 0 Å². The minimum absolute atomic E-state index is 0.148. The quantitative estimate of drug-likeness (QED) is 0.175. The molecule has 3 aliphatic rings. The van der Waals surface area contributed by atoms with Crippen LogP contribution < -0.4 is 4.74 Å². The number of carboxylic acid groups (broad SMARTS) is 1. The Labute approximate surface area is 203 Å². The second-order valence-corrected chi connectivity index (χ2v) is 8.99. The predicted molar refractivity (Wildman–Crippen MR) is 115 cm³/mol. The summed E-state index contributed by atoms with van der Waals surface area (Å²) in [4.78, 5) is 11.3. The number of hydrogen-bond donors (Lipinski definition) is 10. The molecule has 0 bridgehead atoms. The molecule has 2 fully saturated rings. The van der Waals surface area contributed by atoms with Crippen molar-refractivity contribution in [2.75, 3.05) is 13.2 Å². The van der Waals surface area contributed by atoms with E-state index in [1.54, 1.807) is 0 Å². The molecule has 1 aromatic rings. The number of rotatable bonds is 5. The Bertz CT molecular complexity index is 1050. The number of aliphatic hydroxyl groups excluding tert-OH is 7. The minimum Gasteiger partial charge on any atom is -0.507 e. The third-order valence-corrected chi connectivity index (χ3v) is 6.79. The lowest BCUT2D eigenvalue weighted by molar-refractivity contribution is -0.232. The van der Waals surface area contributed by atoms with E-state index in [1.807, 2.05) is 0 Å². The van der Waals surface area contributed by atoms with Crippen LogP contribution in [0.4, 0.5) is 0 Å². The number of aliphatic hydroxyl groups is 7. The number of fused-ring (bicyclic) bond motifs is 3. The van der Waals surface area contributed by atoms with Crippen LogP contribution in [-0.4, -0.2) is 119 Å². The lowest BCUT2D eigenvalue weighted by atomic mass is 9.85. The largest absolute Gasteiger partial charge is 0.507 e. The van der Waals surface area contributed by atoms with Crippen LogP contribution in [-0.2, 0) is 14.3 Å². The highest BCUT2D eigenvalue weighted by Crippen LogP contribution is 2.58. The van der Waals surface area contributed by atoms with Crippen LogP contribution in [0.5, 0.6) is 17.2 Å². The number of aliphatic carboxylic acids is 1. The molecule has 0 amide bonds. The molecule has 0 aromatic heterocycles. The summed E-state index contributed by atoms with van der Waals surface area (Å²) in [5, 5.41) is 103. The highest BCUT2D eigenvalue weighted by Gasteiger charge is 2.55. The number of ether oxygens (including phenoxy) is 3. The first-order chi connectivity index (χ1) is 16.9. The number of allylic oxidation sites excluding steroid dienone is 1. The van der Waals surface area contributed by atoms with Crippen LogP contribution in [0.2, 0.25) is 0 Å². The van der Waals surface area contributed by atoms with Gasteiger partial charge in [-0.25, -0.2) is 4.79 Å². The van der Waals surface area contributed by atoms with Crippen molar-refractivity contribution in [1.82, 2.24) is 0 Å². The van der Waals surface area contributed by atoms with Gasteiger partial charge in [0.05, 0.1) is 29.9 Å². The highest BCUT2D eigenvalue weighted by atomic mass is 16.6. The van der Waals surface area contributed by atoms with Gasteiger partial charge in [0.15, 0.2) is 6.10 Å². The van der Waals surface area contributed by atoms with Gasteiger partial charge in [0, 0.05) is 6.08 Å². The van der Waals surface area contributed by atoms with E-state index in [1.165, 1.54) is 6.92 Å². The highest BCUT2D eigenvalue weighted by molar-refractivity contribution is 5.92. The molecule has 0 radical (unpaired) electrons. The van der Waals surface area contributed by atoms with Gasteiger partial charge >= 0.3 is 5.97 Å². The van der Waals surface area contributed by atoms with Gasteiger partial charge in [0.2, 0.25) is 0 Å². The smallest absolute Gasteiger partial charge is 0.328 e. The SMILES string of the molecule is C/C(=C/C(=O)O)c1c(O)c([C@H]2O[C@@H](CO)[C@H](O)[C@@H](O)[C@@H]2O)c2c(c1O)[C@H]1O[C@@H](CO)[C@H](O)[C@@H](O)[C@@H]1O2. The first-order valence-electron chi connectivity index (χ1n) is 11.1. The van der Waals surface area contributed by atoms with Crippen LogP contribution in [0.3, 0.4) is 0 Å². The fourth-order valence-corrected chi connectivity index (χ4v) is 4.96. The zero-order valence-corrected chi connectivity index (χ0v) is 18.9. The van der Waals surface area contributed by atoms with Gasteiger partial charge in [-0.05, 0) is 12.5 Å². The molecular weight excluding hydrogens is 488 g/mol. The average Bonchev–Trinajstić information content (AvgIpc) is 3.20. The van der Waals surface area contributed by atoms with Crippen molar-refractivity contribution in [3.63, 3.8) is 0 Å². The number of carboxylic acids is 1. The summed E-state index contributed by atoms with van der Waals surface area (Å²) in [5.41, 5.74) is -1.17. The Morgan fingerprint density at radius 3 is 1.83 bits per heavy atom. The molecule has 10 N–H and O–H groups in total. The van der Waals surface area contributed by atoms with Gasteiger partial charge < -0.3 is 65.3 Å². The summed E-state index contributed by atoms with van der Waals surface area (Å²) >= 11 is 0. The normalized spacial score (nSPS) is 38.3. The van der Waals surface area contributed by atoms with Crippen molar-refractivity contribution in [3.05, 3.63) is 22.8 Å². The number of aromatic hydroxyl groups is 2. The Balaban J connectivity index is 1.96. The summed E-state index contributed by atoms with van der Waals surface area (Å²) < 4.78 is 17.0. The summed E-state index contributed by atoms with van der Waals surface area (Å²) in [5.74, 6) is -3.28. The Kier molecular flexibility index (Phi) is 7.18.